The van der Waals surface area contributed by atoms with Crippen LogP contribution in [0.5, 0.6) is 0 Å². The number of carbonyl (C=O) groups is 1. The van der Waals surface area contributed by atoms with Gasteiger partial charge < -0.3 is 18.9 Å². The van der Waals surface area contributed by atoms with E-state index in [4.69, 9.17) is 13.6 Å². The van der Waals surface area contributed by atoms with E-state index in [2.05, 4.69) is 12.2 Å². The zero-order valence-corrected chi connectivity index (χ0v) is 13.9. The summed E-state index contributed by atoms with van der Waals surface area (Å²) in [7, 11) is 2.00. The number of ether oxygens (including phenoxy) is 1. The molecule has 0 heterocycles. The van der Waals surface area contributed by atoms with E-state index in [1.165, 1.54) is 0 Å². The Morgan fingerprint density at radius 2 is 1.84 bits per heavy atom. The third-order valence-electron chi connectivity index (χ3n) is 3.17. The summed E-state index contributed by atoms with van der Waals surface area (Å²) in [5.74, 6) is 0. The molecular formula is C13H29NO4Si. The summed E-state index contributed by atoms with van der Waals surface area (Å²) in [6.45, 7) is 5.09. The fourth-order valence-electron chi connectivity index (χ4n) is 2.09. The van der Waals surface area contributed by atoms with Crippen LogP contribution in [0.2, 0.25) is 5.54 Å². The zero-order chi connectivity index (χ0) is 14.5. The van der Waals surface area contributed by atoms with Gasteiger partial charge in [-0.25, -0.2) is 4.79 Å². The monoisotopic (exact) mass is 291 g/mol. The van der Waals surface area contributed by atoms with Crippen molar-refractivity contribution in [2.75, 3.05) is 27.4 Å². The van der Waals surface area contributed by atoms with Crippen LogP contribution in [-0.2, 0) is 13.6 Å². The third kappa shape index (κ3) is 9.02. The van der Waals surface area contributed by atoms with Gasteiger partial charge in [-0.3, -0.25) is 0 Å². The lowest BCUT2D eigenvalue weighted by Crippen LogP contribution is -2.26. The van der Waals surface area contributed by atoms with Gasteiger partial charge in [0.05, 0.1) is 6.61 Å². The molecule has 0 fully saturated rings. The van der Waals surface area contributed by atoms with Gasteiger partial charge in [-0.2, -0.15) is 0 Å². The average Bonchev–Trinajstić information content (AvgIpc) is 2.41. The largest absolute Gasteiger partial charge is 0.450 e. The maximum atomic E-state index is 11.0. The Morgan fingerprint density at radius 1 is 1.16 bits per heavy atom. The molecule has 1 unspecified atom stereocenters. The molecule has 114 valence electrons. The molecule has 0 aliphatic carbocycles. The van der Waals surface area contributed by atoms with Crippen molar-refractivity contribution in [1.82, 2.24) is 5.32 Å². The summed E-state index contributed by atoms with van der Waals surface area (Å²) >= 11 is 0. The van der Waals surface area contributed by atoms with Gasteiger partial charge in [-0.1, -0.05) is 26.2 Å². The average molecular weight is 291 g/mol. The summed E-state index contributed by atoms with van der Waals surface area (Å²) in [4.78, 5) is 11.0. The van der Waals surface area contributed by atoms with E-state index in [-0.39, 0.29) is 6.09 Å². The maximum Gasteiger partial charge on any atom is 0.407 e. The van der Waals surface area contributed by atoms with E-state index in [0.717, 1.165) is 32.1 Å². The highest BCUT2D eigenvalue weighted by atomic mass is 28.3. The van der Waals surface area contributed by atoms with Gasteiger partial charge in [0.15, 0.2) is 0 Å². The highest BCUT2D eigenvalue weighted by molar-refractivity contribution is 6.46. The normalized spacial score (nSPS) is 12.5. The number of carbonyl (C=O) groups excluding carboxylic acids is 1. The van der Waals surface area contributed by atoms with Crippen LogP contribution in [0, 0.1) is 0 Å². The highest BCUT2D eigenvalue weighted by Crippen LogP contribution is 2.23. The number of hydrogen-bond acceptors (Lipinski definition) is 4. The summed E-state index contributed by atoms with van der Waals surface area (Å²) in [5.41, 5.74) is 0.577. The van der Waals surface area contributed by atoms with Gasteiger partial charge in [-0.15, -0.1) is 0 Å². The van der Waals surface area contributed by atoms with Crippen LogP contribution in [-0.4, -0.2) is 42.7 Å². The predicted molar refractivity (Wildman–Crippen MR) is 78.7 cm³/mol. The fourth-order valence-corrected chi connectivity index (χ4v) is 3.95. The lowest BCUT2D eigenvalue weighted by atomic mass is 10.1. The van der Waals surface area contributed by atoms with Crippen LogP contribution in [0.25, 0.3) is 0 Å². The molecule has 1 N–H and O–H groups in total. The van der Waals surface area contributed by atoms with Crippen LogP contribution in [0.15, 0.2) is 0 Å². The first kappa shape index (κ1) is 18.4. The minimum atomic E-state index is -1.48. The van der Waals surface area contributed by atoms with E-state index in [9.17, 15) is 4.79 Å². The van der Waals surface area contributed by atoms with Crippen molar-refractivity contribution in [2.45, 2.75) is 51.5 Å². The molecule has 0 bridgehead atoms. The van der Waals surface area contributed by atoms with Crippen molar-refractivity contribution in [2.24, 2.45) is 0 Å². The van der Waals surface area contributed by atoms with E-state index >= 15 is 0 Å². The minimum absolute atomic E-state index is 0.319. The quantitative estimate of drug-likeness (QED) is 0.469. The van der Waals surface area contributed by atoms with Gasteiger partial charge in [0, 0.05) is 20.8 Å². The number of nitrogens with one attached hydrogen (secondary N) is 1. The number of amides is 1. The second-order valence-corrected chi connectivity index (χ2v) is 7.13. The summed E-state index contributed by atoms with van der Waals surface area (Å²) in [6.07, 6.45) is 5.19. The van der Waals surface area contributed by atoms with Gasteiger partial charge in [0.2, 0.25) is 0 Å². The first-order valence-corrected chi connectivity index (χ1v) is 8.76. The summed E-state index contributed by atoms with van der Waals surface area (Å²) < 4.78 is 15.7. The summed E-state index contributed by atoms with van der Waals surface area (Å²) in [6, 6.07) is 0. The van der Waals surface area contributed by atoms with E-state index < -0.39 is 9.28 Å². The van der Waals surface area contributed by atoms with Crippen LogP contribution >= 0.6 is 0 Å². The molecule has 0 aromatic heterocycles. The maximum absolute atomic E-state index is 11.0. The standard InChI is InChI=1S/C13H29NO4Si/c1-5-12(19(16-3)17-4)10-8-7-9-11-14-13(15)18-6-2/h12,19H,5-11H2,1-4H3,(H,14,15). The molecule has 1 atom stereocenters. The second kappa shape index (κ2) is 12.4. The van der Waals surface area contributed by atoms with Crippen molar-refractivity contribution in [3.05, 3.63) is 0 Å². The molecule has 19 heavy (non-hydrogen) atoms. The molecule has 0 saturated heterocycles. The fraction of sp³-hybridized carbons (Fsp3) is 0.923. The van der Waals surface area contributed by atoms with E-state index in [0.29, 0.717) is 18.7 Å². The first-order valence-electron chi connectivity index (χ1n) is 7.15. The zero-order valence-electron chi connectivity index (χ0n) is 12.7. The van der Waals surface area contributed by atoms with Gasteiger partial charge >= 0.3 is 15.4 Å². The topological polar surface area (TPSA) is 56.8 Å². The van der Waals surface area contributed by atoms with Crippen molar-refractivity contribution in [3.63, 3.8) is 0 Å². The minimum Gasteiger partial charge on any atom is -0.450 e. The molecule has 6 heteroatoms. The van der Waals surface area contributed by atoms with Gasteiger partial charge in [0.25, 0.3) is 0 Å². The van der Waals surface area contributed by atoms with Crippen molar-refractivity contribution >= 4 is 15.4 Å². The molecule has 0 aromatic rings. The Bertz CT molecular complexity index is 225. The SMILES string of the molecule is CCOC(=O)NCCCCCC(CC)[SiH](OC)OC. The second-order valence-electron chi connectivity index (χ2n) is 4.50. The molecule has 5 nitrogen and oxygen atoms in total. The Balaban J connectivity index is 3.58. The molecule has 1 amide bonds. The lowest BCUT2D eigenvalue weighted by molar-refractivity contribution is 0.152. The smallest absolute Gasteiger partial charge is 0.407 e. The number of rotatable bonds is 11. The molecule has 0 rings (SSSR count). The molecule has 0 radical (unpaired) electrons. The molecule has 0 saturated carbocycles. The Morgan fingerprint density at radius 3 is 2.37 bits per heavy atom. The predicted octanol–water partition coefficient (Wildman–Crippen LogP) is 2.59. The van der Waals surface area contributed by atoms with Crippen LogP contribution in [0.1, 0.15) is 46.0 Å². The molecular weight excluding hydrogens is 262 g/mol. The van der Waals surface area contributed by atoms with Crippen LogP contribution < -0.4 is 5.32 Å². The molecule has 0 aliphatic rings. The van der Waals surface area contributed by atoms with Gasteiger partial charge in [-0.05, 0) is 25.3 Å². The molecule has 0 spiro atoms. The van der Waals surface area contributed by atoms with Crippen LogP contribution in [0.4, 0.5) is 4.79 Å². The lowest BCUT2D eigenvalue weighted by Gasteiger charge is -2.21. The molecule has 0 aromatic carbocycles. The van der Waals surface area contributed by atoms with E-state index in [1.54, 1.807) is 21.1 Å². The number of hydrogen-bond donors (Lipinski definition) is 1. The Kier molecular flexibility index (Phi) is 12.1. The Hall–Kier alpha value is -0.593. The van der Waals surface area contributed by atoms with E-state index in [1.807, 2.05) is 0 Å². The van der Waals surface area contributed by atoms with Crippen molar-refractivity contribution in [3.8, 4) is 0 Å². The van der Waals surface area contributed by atoms with Crippen LogP contribution in [0.3, 0.4) is 0 Å². The number of unbranched alkanes of at least 4 members (excludes halogenated alkanes) is 2. The third-order valence-corrected chi connectivity index (χ3v) is 5.67. The van der Waals surface area contributed by atoms with Crippen molar-refractivity contribution in [1.29, 1.82) is 0 Å². The molecule has 0 aliphatic heterocycles. The summed E-state index contributed by atoms with van der Waals surface area (Å²) in [5, 5.41) is 2.73. The Labute approximate surface area is 118 Å². The van der Waals surface area contributed by atoms with Crippen molar-refractivity contribution < 1.29 is 18.4 Å². The highest BCUT2D eigenvalue weighted by Gasteiger charge is 2.21. The van der Waals surface area contributed by atoms with Gasteiger partial charge in [0.1, 0.15) is 0 Å². The number of alkyl carbamates (subject to hydrolysis) is 1. The first-order chi connectivity index (χ1) is 9.19.